The molecule has 0 saturated carbocycles. The zero-order valence-corrected chi connectivity index (χ0v) is 11.5. The van der Waals surface area contributed by atoms with Crippen LogP contribution in [0.3, 0.4) is 0 Å². The van der Waals surface area contributed by atoms with Gasteiger partial charge in [-0.2, -0.15) is 0 Å². The molecule has 3 N–H and O–H groups in total. The summed E-state index contributed by atoms with van der Waals surface area (Å²) >= 11 is 0. The number of nitrogens with zero attached hydrogens (tertiary/aromatic N) is 2. The van der Waals surface area contributed by atoms with Gasteiger partial charge in [0.2, 0.25) is 0 Å². The molecule has 2 aromatic rings. The fourth-order valence-electron chi connectivity index (χ4n) is 1.82. The number of aliphatic hydroxyl groups excluding tert-OH is 1. The molecule has 0 aliphatic heterocycles. The van der Waals surface area contributed by atoms with Crippen molar-refractivity contribution in [2.75, 3.05) is 6.54 Å². The first-order chi connectivity index (χ1) is 10.5. The van der Waals surface area contributed by atoms with Crippen molar-refractivity contribution in [1.82, 2.24) is 0 Å². The van der Waals surface area contributed by atoms with Gasteiger partial charge in [-0.3, -0.25) is 15.1 Å². The number of aliphatic hydroxyl groups is 1. The smallest absolute Gasteiger partial charge is 0.269 e. The van der Waals surface area contributed by atoms with Crippen LogP contribution in [0.25, 0.3) is 0 Å². The lowest BCUT2D eigenvalue weighted by Crippen LogP contribution is -2.02. The maximum atomic E-state index is 10.5. The third-order valence-corrected chi connectivity index (χ3v) is 3.01. The van der Waals surface area contributed by atoms with E-state index in [1.165, 1.54) is 48.7 Å². The van der Waals surface area contributed by atoms with E-state index in [0.29, 0.717) is 11.1 Å². The van der Waals surface area contributed by atoms with Crippen LogP contribution in [0.15, 0.2) is 47.5 Å². The normalized spacial score (nSPS) is 12.4. The summed E-state index contributed by atoms with van der Waals surface area (Å²) in [5, 5.41) is 39.2. The van der Waals surface area contributed by atoms with Crippen molar-refractivity contribution in [2.24, 2.45) is 4.99 Å². The van der Waals surface area contributed by atoms with Crippen LogP contribution in [0.5, 0.6) is 11.5 Å². The Balaban J connectivity index is 2.01. The molecule has 0 aromatic heterocycles. The highest BCUT2D eigenvalue weighted by molar-refractivity contribution is 5.83. The molecule has 0 saturated heterocycles. The molecule has 7 heteroatoms. The molecular weight excluding hydrogens is 288 g/mol. The van der Waals surface area contributed by atoms with Gasteiger partial charge in [-0.1, -0.05) is 0 Å². The number of phenolic OH excluding ortho intramolecular Hbond substituents is 2. The average molecular weight is 302 g/mol. The Morgan fingerprint density at radius 1 is 1.18 bits per heavy atom. The summed E-state index contributed by atoms with van der Waals surface area (Å²) in [5.74, 6) is -0.172. The Morgan fingerprint density at radius 3 is 2.45 bits per heavy atom. The fraction of sp³-hybridized carbons (Fsp3) is 0.133. The lowest BCUT2D eigenvalue weighted by molar-refractivity contribution is -0.384. The molecular formula is C15H14N2O5. The van der Waals surface area contributed by atoms with Crippen LogP contribution in [0.1, 0.15) is 17.2 Å². The maximum absolute atomic E-state index is 10.5. The Labute approximate surface area is 126 Å². The minimum atomic E-state index is -0.906. The highest BCUT2D eigenvalue weighted by Gasteiger charge is 2.09. The van der Waals surface area contributed by atoms with Gasteiger partial charge in [0.15, 0.2) is 0 Å². The average Bonchev–Trinajstić information content (AvgIpc) is 2.49. The molecule has 0 radical (unpaired) electrons. The highest BCUT2D eigenvalue weighted by atomic mass is 16.6. The lowest BCUT2D eigenvalue weighted by Gasteiger charge is -2.07. The number of phenols is 2. The van der Waals surface area contributed by atoms with Crippen LogP contribution in [0.2, 0.25) is 0 Å². The number of aromatic hydroxyl groups is 2. The molecule has 0 bridgehead atoms. The Hall–Kier alpha value is -2.93. The number of rotatable bonds is 5. The van der Waals surface area contributed by atoms with Crippen LogP contribution in [0.4, 0.5) is 5.69 Å². The predicted molar refractivity (Wildman–Crippen MR) is 80.3 cm³/mol. The summed E-state index contributed by atoms with van der Waals surface area (Å²) in [5.41, 5.74) is 0.875. The molecule has 0 spiro atoms. The minimum absolute atomic E-state index is 0.0398. The number of hydrogen-bond acceptors (Lipinski definition) is 6. The van der Waals surface area contributed by atoms with Gasteiger partial charge in [0.05, 0.1) is 17.6 Å². The van der Waals surface area contributed by atoms with Crippen molar-refractivity contribution >= 4 is 11.9 Å². The predicted octanol–water partition coefficient (Wildman–Crippen LogP) is 2.16. The minimum Gasteiger partial charge on any atom is -0.508 e. The molecule has 2 rings (SSSR count). The van der Waals surface area contributed by atoms with Gasteiger partial charge in [-0.25, -0.2) is 0 Å². The highest BCUT2D eigenvalue weighted by Crippen LogP contribution is 2.21. The van der Waals surface area contributed by atoms with Crippen LogP contribution < -0.4 is 0 Å². The number of non-ortho nitro benzene ring substituents is 1. The second-order valence-corrected chi connectivity index (χ2v) is 4.60. The van der Waals surface area contributed by atoms with Gasteiger partial charge < -0.3 is 15.3 Å². The molecule has 0 aliphatic carbocycles. The molecule has 1 unspecified atom stereocenters. The molecule has 7 nitrogen and oxygen atoms in total. The first-order valence-electron chi connectivity index (χ1n) is 6.41. The van der Waals surface area contributed by atoms with E-state index in [2.05, 4.69) is 4.99 Å². The van der Waals surface area contributed by atoms with Crippen molar-refractivity contribution < 1.29 is 20.2 Å². The first-order valence-corrected chi connectivity index (χ1v) is 6.41. The Kier molecular flexibility index (Phi) is 4.70. The Bertz CT molecular complexity index is 698. The van der Waals surface area contributed by atoms with Crippen LogP contribution in [0, 0.1) is 10.1 Å². The Morgan fingerprint density at radius 2 is 1.86 bits per heavy atom. The van der Waals surface area contributed by atoms with Crippen LogP contribution in [-0.4, -0.2) is 33.0 Å². The number of aliphatic imine (C=N–C) groups is 1. The summed E-state index contributed by atoms with van der Waals surface area (Å²) < 4.78 is 0. The second-order valence-electron chi connectivity index (χ2n) is 4.60. The summed E-state index contributed by atoms with van der Waals surface area (Å²) in [6, 6.07) is 9.66. The van der Waals surface area contributed by atoms with Gasteiger partial charge in [-0.05, 0) is 29.8 Å². The topological polar surface area (TPSA) is 116 Å². The number of hydrogen-bond donors (Lipinski definition) is 3. The molecule has 0 aliphatic rings. The van der Waals surface area contributed by atoms with Crippen molar-refractivity contribution in [3.63, 3.8) is 0 Å². The number of nitro groups is 1. The van der Waals surface area contributed by atoms with E-state index < -0.39 is 11.0 Å². The molecule has 0 heterocycles. The zero-order valence-electron chi connectivity index (χ0n) is 11.5. The summed E-state index contributed by atoms with van der Waals surface area (Å²) in [6.45, 7) is 0.0398. The summed E-state index contributed by atoms with van der Waals surface area (Å²) in [4.78, 5) is 14.0. The van der Waals surface area contributed by atoms with Gasteiger partial charge in [0.25, 0.3) is 5.69 Å². The van der Waals surface area contributed by atoms with Gasteiger partial charge in [0, 0.05) is 30.0 Å². The van der Waals surface area contributed by atoms with Crippen molar-refractivity contribution in [3.8, 4) is 11.5 Å². The molecule has 114 valence electrons. The van der Waals surface area contributed by atoms with Crippen molar-refractivity contribution in [3.05, 3.63) is 63.7 Å². The van der Waals surface area contributed by atoms with Crippen molar-refractivity contribution in [2.45, 2.75) is 6.10 Å². The number of benzene rings is 2. The van der Waals surface area contributed by atoms with Crippen LogP contribution in [-0.2, 0) is 0 Å². The van der Waals surface area contributed by atoms with Gasteiger partial charge in [0.1, 0.15) is 11.5 Å². The fourth-order valence-corrected chi connectivity index (χ4v) is 1.82. The summed E-state index contributed by atoms with van der Waals surface area (Å²) in [6.07, 6.45) is 0.472. The van der Waals surface area contributed by atoms with Gasteiger partial charge >= 0.3 is 0 Å². The molecule has 1 atom stereocenters. The number of nitro benzene ring substituents is 1. The third kappa shape index (κ3) is 3.80. The van der Waals surface area contributed by atoms with E-state index in [-0.39, 0.29) is 23.7 Å². The summed E-state index contributed by atoms with van der Waals surface area (Å²) in [7, 11) is 0. The van der Waals surface area contributed by atoms with Gasteiger partial charge in [-0.15, -0.1) is 0 Å². The second kappa shape index (κ2) is 6.68. The maximum Gasteiger partial charge on any atom is 0.269 e. The van der Waals surface area contributed by atoms with E-state index in [1.807, 2.05) is 0 Å². The molecule has 2 aromatic carbocycles. The van der Waals surface area contributed by atoms with Crippen molar-refractivity contribution in [1.29, 1.82) is 0 Å². The molecule has 0 fully saturated rings. The first kappa shape index (κ1) is 15.5. The van der Waals surface area contributed by atoms with E-state index in [1.54, 1.807) is 0 Å². The van der Waals surface area contributed by atoms with Crippen LogP contribution >= 0.6 is 0 Å². The SMILES string of the molecule is O=[N+]([O-])c1ccc(C(O)C/N=C/c2ccc(O)cc2O)cc1. The van der Waals surface area contributed by atoms with E-state index in [9.17, 15) is 20.3 Å². The van der Waals surface area contributed by atoms with E-state index in [4.69, 9.17) is 5.11 Å². The quantitative estimate of drug-likeness (QED) is 0.444. The van der Waals surface area contributed by atoms with E-state index >= 15 is 0 Å². The third-order valence-electron chi connectivity index (χ3n) is 3.01. The zero-order chi connectivity index (χ0) is 16.1. The largest absolute Gasteiger partial charge is 0.508 e. The molecule has 22 heavy (non-hydrogen) atoms. The standard InChI is InChI=1S/C15H14N2O5/c18-13-6-3-11(14(19)7-13)8-16-9-15(20)10-1-4-12(5-2-10)17(21)22/h1-8,15,18-20H,9H2/b16-8+. The molecule has 0 amide bonds. The van der Waals surface area contributed by atoms with E-state index in [0.717, 1.165) is 0 Å². The monoisotopic (exact) mass is 302 g/mol. The lowest BCUT2D eigenvalue weighted by atomic mass is 10.1.